The van der Waals surface area contributed by atoms with Crippen LogP contribution in [0.1, 0.15) is 33.6 Å². The highest BCUT2D eigenvalue weighted by atomic mass is 16.6. The van der Waals surface area contributed by atoms with Crippen molar-refractivity contribution in [1.29, 1.82) is 0 Å². The summed E-state index contributed by atoms with van der Waals surface area (Å²) >= 11 is 0. The summed E-state index contributed by atoms with van der Waals surface area (Å²) in [4.78, 5) is 23.9. The van der Waals surface area contributed by atoms with Gasteiger partial charge in [-0.1, -0.05) is 25.5 Å². The lowest BCUT2D eigenvalue weighted by atomic mass is 9.95. The number of ether oxygens (including phenoxy) is 2. The van der Waals surface area contributed by atoms with Crippen LogP contribution in [0.25, 0.3) is 0 Å². The molecule has 1 aromatic rings. The second kappa shape index (κ2) is 6.25. The van der Waals surface area contributed by atoms with Gasteiger partial charge in [0.15, 0.2) is 11.5 Å². The number of carbonyl (C=O) groups is 2. The topological polar surface area (TPSA) is 84.9 Å². The van der Waals surface area contributed by atoms with Gasteiger partial charge in [0.05, 0.1) is 0 Å². The fourth-order valence-electron chi connectivity index (χ4n) is 2.47. The second-order valence-corrected chi connectivity index (χ2v) is 5.68. The Bertz CT molecular complexity index is 573. The third kappa shape index (κ3) is 3.16. The predicted molar refractivity (Wildman–Crippen MR) is 80.0 cm³/mol. The smallest absolute Gasteiger partial charge is 0.329 e. The Morgan fingerprint density at radius 3 is 2.41 bits per heavy atom. The van der Waals surface area contributed by atoms with Crippen LogP contribution in [0.2, 0.25) is 0 Å². The van der Waals surface area contributed by atoms with Crippen molar-refractivity contribution in [2.24, 2.45) is 0 Å². The molecular weight excluding hydrogens is 286 g/mol. The molecule has 3 unspecified atom stereocenters. The van der Waals surface area contributed by atoms with E-state index in [0.717, 1.165) is 0 Å². The van der Waals surface area contributed by atoms with Crippen molar-refractivity contribution in [1.82, 2.24) is 5.32 Å². The van der Waals surface area contributed by atoms with Gasteiger partial charge >= 0.3 is 5.97 Å². The van der Waals surface area contributed by atoms with Gasteiger partial charge in [-0.15, -0.1) is 0 Å². The van der Waals surface area contributed by atoms with Crippen LogP contribution in [0.15, 0.2) is 24.3 Å². The number of carbonyl (C=O) groups excluding carboxylic acids is 1. The number of rotatable bonds is 5. The molecule has 0 aromatic heterocycles. The predicted octanol–water partition coefficient (Wildman–Crippen LogP) is 1.97. The summed E-state index contributed by atoms with van der Waals surface area (Å²) in [6.07, 6.45) is -0.407. The fourth-order valence-corrected chi connectivity index (χ4v) is 2.47. The average molecular weight is 307 g/mol. The molecule has 1 aliphatic heterocycles. The van der Waals surface area contributed by atoms with Gasteiger partial charge < -0.3 is 19.9 Å². The minimum Gasteiger partial charge on any atom is -0.482 e. The second-order valence-electron chi connectivity index (χ2n) is 5.68. The van der Waals surface area contributed by atoms with Crippen LogP contribution in [-0.4, -0.2) is 34.7 Å². The largest absolute Gasteiger partial charge is 0.482 e. The molecule has 0 radical (unpaired) electrons. The molecule has 0 saturated carbocycles. The molecule has 0 bridgehead atoms. The van der Waals surface area contributed by atoms with E-state index in [0.29, 0.717) is 24.3 Å². The van der Waals surface area contributed by atoms with E-state index in [1.165, 1.54) is 6.92 Å². The molecule has 0 aliphatic carbocycles. The number of fused-ring (bicyclic) bond motifs is 1. The third-order valence-electron chi connectivity index (χ3n) is 3.72. The lowest BCUT2D eigenvalue weighted by molar-refractivity contribution is -0.150. The summed E-state index contributed by atoms with van der Waals surface area (Å²) in [6, 6.07) is 7.08. The van der Waals surface area contributed by atoms with E-state index < -0.39 is 29.6 Å². The maximum Gasteiger partial charge on any atom is 0.329 e. The monoisotopic (exact) mass is 307 g/mol. The van der Waals surface area contributed by atoms with Crippen molar-refractivity contribution >= 4 is 11.9 Å². The lowest BCUT2D eigenvalue weighted by Gasteiger charge is -2.34. The molecule has 0 spiro atoms. The summed E-state index contributed by atoms with van der Waals surface area (Å²) in [5.74, 6) is -0.491. The molecule has 120 valence electrons. The molecule has 3 atom stereocenters. The minimum absolute atomic E-state index is 0.340. The minimum atomic E-state index is -1.31. The van der Waals surface area contributed by atoms with Gasteiger partial charge in [-0.3, -0.25) is 4.79 Å². The van der Waals surface area contributed by atoms with E-state index in [1.54, 1.807) is 25.1 Å². The zero-order valence-corrected chi connectivity index (χ0v) is 13.0. The Kier molecular flexibility index (Phi) is 4.59. The van der Waals surface area contributed by atoms with Crippen LogP contribution >= 0.6 is 0 Å². The zero-order valence-electron chi connectivity index (χ0n) is 13.0. The molecule has 2 N–H and O–H groups in total. The van der Waals surface area contributed by atoms with E-state index in [9.17, 15) is 14.7 Å². The highest BCUT2D eigenvalue weighted by molar-refractivity contribution is 5.89. The van der Waals surface area contributed by atoms with Crippen LogP contribution in [0.4, 0.5) is 0 Å². The molecule has 2 rings (SSSR count). The maximum absolute atomic E-state index is 12.4. The normalized spacial score (nSPS) is 22.5. The first-order chi connectivity index (χ1) is 10.4. The number of hydrogen-bond acceptors (Lipinski definition) is 4. The van der Waals surface area contributed by atoms with Gasteiger partial charge in [-0.25, -0.2) is 4.79 Å². The average Bonchev–Trinajstić information content (AvgIpc) is 2.46. The SMILES string of the molecule is CCCC(C)(NC(=O)C1Oc2ccccc2OC1C)C(=O)O. The van der Waals surface area contributed by atoms with E-state index in [1.807, 2.05) is 13.0 Å². The van der Waals surface area contributed by atoms with Gasteiger partial charge in [-0.05, 0) is 32.4 Å². The molecule has 6 heteroatoms. The van der Waals surface area contributed by atoms with Crippen molar-refractivity contribution in [3.63, 3.8) is 0 Å². The summed E-state index contributed by atoms with van der Waals surface area (Å²) in [5.41, 5.74) is -1.31. The molecule has 6 nitrogen and oxygen atoms in total. The Hall–Kier alpha value is -2.24. The molecule has 1 amide bonds. The van der Waals surface area contributed by atoms with Gasteiger partial charge in [0.25, 0.3) is 5.91 Å². The van der Waals surface area contributed by atoms with Gasteiger partial charge in [-0.2, -0.15) is 0 Å². The van der Waals surface area contributed by atoms with E-state index >= 15 is 0 Å². The van der Waals surface area contributed by atoms with Crippen molar-refractivity contribution in [2.75, 3.05) is 0 Å². The van der Waals surface area contributed by atoms with Gasteiger partial charge in [0.2, 0.25) is 6.10 Å². The number of amides is 1. The maximum atomic E-state index is 12.4. The van der Waals surface area contributed by atoms with Gasteiger partial charge in [0, 0.05) is 0 Å². The molecule has 1 aliphatic rings. The van der Waals surface area contributed by atoms with Crippen molar-refractivity contribution in [3.8, 4) is 11.5 Å². The number of nitrogens with one attached hydrogen (secondary N) is 1. The van der Waals surface area contributed by atoms with Crippen LogP contribution in [-0.2, 0) is 9.59 Å². The number of para-hydroxylation sites is 2. The standard InChI is InChI=1S/C16H21NO5/c1-4-9-16(3,15(19)20)17-14(18)13-10(2)21-11-7-5-6-8-12(11)22-13/h5-8,10,13H,4,9H2,1-3H3,(H,17,18)(H,19,20). The number of carboxylic acid groups (broad SMARTS) is 1. The van der Waals surface area contributed by atoms with Crippen molar-refractivity contribution < 1.29 is 24.2 Å². The molecule has 22 heavy (non-hydrogen) atoms. The molecule has 1 aromatic carbocycles. The third-order valence-corrected chi connectivity index (χ3v) is 3.72. The summed E-state index contributed by atoms with van der Waals surface area (Å²) in [7, 11) is 0. The zero-order chi connectivity index (χ0) is 16.3. The van der Waals surface area contributed by atoms with E-state index in [4.69, 9.17) is 9.47 Å². The Labute approximate surface area is 129 Å². The molecule has 0 fully saturated rings. The first kappa shape index (κ1) is 16.1. The highest BCUT2D eigenvalue weighted by Crippen LogP contribution is 2.33. The fraction of sp³-hybridized carbons (Fsp3) is 0.500. The lowest BCUT2D eigenvalue weighted by Crippen LogP contribution is -2.58. The van der Waals surface area contributed by atoms with E-state index in [2.05, 4.69) is 5.32 Å². The number of hydrogen-bond donors (Lipinski definition) is 2. The molecular formula is C16H21NO5. The first-order valence-corrected chi connectivity index (χ1v) is 7.35. The van der Waals surface area contributed by atoms with Crippen LogP contribution < -0.4 is 14.8 Å². The Morgan fingerprint density at radius 1 is 1.27 bits per heavy atom. The molecule has 1 heterocycles. The van der Waals surface area contributed by atoms with Crippen LogP contribution in [0.5, 0.6) is 11.5 Å². The Morgan fingerprint density at radius 2 is 1.86 bits per heavy atom. The summed E-state index contributed by atoms with van der Waals surface area (Å²) in [5, 5.41) is 11.9. The Balaban J connectivity index is 2.14. The quantitative estimate of drug-likeness (QED) is 0.869. The highest BCUT2D eigenvalue weighted by Gasteiger charge is 2.40. The van der Waals surface area contributed by atoms with Gasteiger partial charge in [0.1, 0.15) is 11.6 Å². The first-order valence-electron chi connectivity index (χ1n) is 7.35. The molecule has 0 saturated heterocycles. The number of carboxylic acids is 1. The summed E-state index contributed by atoms with van der Waals surface area (Å²) in [6.45, 7) is 5.09. The van der Waals surface area contributed by atoms with Crippen molar-refractivity contribution in [2.45, 2.75) is 51.4 Å². The number of aliphatic carboxylic acids is 1. The summed E-state index contributed by atoms with van der Waals surface area (Å²) < 4.78 is 11.3. The van der Waals surface area contributed by atoms with Crippen molar-refractivity contribution in [3.05, 3.63) is 24.3 Å². The number of benzene rings is 1. The van der Waals surface area contributed by atoms with E-state index in [-0.39, 0.29) is 0 Å². The van der Waals surface area contributed by atoms with Crippen LogP contribution in [0, 0.1) is 0 Å². The van der Waals surface area contributed by atoms with Crippen LogP contribution in [0.3, 0.4) is 0 Å².